The number of benzene rings is 1. The number of phenolic OH excluding ortho intramolecular Hbond substituents is 1. The van der Waals surface area contributed by atoms with Gasteiger partial charge in [0.25, 0.3) is 0 Å². The second-order valence-corrected chi connectivity index (χ2v) is 6.76. The largest absolute Gasteiger partial charge is 0.507 e. The monoisotopic (exact) mass is 261 g/mol. The van der Waals surface area contributed by atoms with E-state index in [1.807, 2.05) is 0 Å². The van der Waals surface area contributed by atoms with E-state index in [1.54, 1.807) is 0 Å². The van der Waals surface area contributed by atoms with Crippen molar-refractivity contribution in [1.29, 1.82) is 0 Å². The SMILES string of the molecule is [CH2]Cc1cc(C(C)(C)CC)c(O)c(C(C)(C)CC)c1. The van der Waals surface area contributed by atoms with Crippen LogP contribution in [0.15, 0.2) is 12.1 Å². The molecule has 0 amide bonds. The summed E-state index contributed by atoms with van der Waals surface area (Å²) >= 11 is 0. The van der Waals surface area contributed by atoms with E-state index in [0.717, 1.165) is 30.4 Å². The zero-order valence-corrected chi connectivity index (χ0v) is 13.4. The highest BCUT2D eigenvalue weighted by atomic mass is 16.3. The maximum absolute atomic E-state index is 10.7. The molecule has 0 bridgehead atoms. The van der Waals surface area contributed by atoms with Crippen molar-refractivity contribution in [3.05, 3.63) is 35.7 Å². The Kier molecular flexibility index (Phi) is 4.71. The van der Waals surface area contributed by atoms with Crippen LogP contribution in [-0.2, 0) is 17.3 Å². The average molecular weight is 261 g/mol. The third-order valence-electron chi connectivity index (χ3n) is 4.68. The van der Waals surface area contributed by atoms with Crippen molar-refractivity contribution in [2.75, 3.05) is 0 Å². The Bertz CT molecular complexity index is 404. The molecule has 1 aromatic carbocycles. The first-order valence-corrected chi connectivity index (χ1v) is 7.35. The van der Waals surface area contributed by atoms with Gasteiger partial charge in [0.05, 0.1) is 0 Å². The minimum Gasteiger partial charge on any atom is -0.507 e. The van der Waals surface area contributed by atoms with Crippen LogP contribution in [0.25, 0.3) is 0 Å². The minimum absolute atomic E-state index is 0.00612. The number of hydrogen-bond acceptors (Lipinski definition) is 1. The van der Waals surface area contributed by atoms with Crippen molar-refractivity contribution in [3.8, 4) is 5.75 Å². The van der Waals surface area contributed by atoms with Crippen molar-refractivity contribution in [3.63, 3.8) is 0 Å². The predicted octanol–water partition coefficient (Wildman–Crippen LogP) is 5.14. The Morgan fingerprint density at radius 2 is 1.32 bits per heavy atom. The fourth-order valence-electron chi connectivity index (χ4n) is 2.25. The van der Waals surface area contributed by atoms with Crippen LogP contribution in [0.3, 0.4) is 0 Å². The normalized spacial score (nSPS) is 12.8. The number of hydrogen-bond donors (Lipinski definition) is 1. The van der Waals surface area contributed by atoms with E-state index in [1.165, 1.54) is 5.56 Å². The smallest absolute Gasteiger partial charge is 0.123 e. The van der Waals surface area contributed by atoms with Crippen molar-refractivity contribution in [1.82, 2.24) is 0 Å². The number of rotatable bonds is 5. The van der Waals surface area contributed by atoms with E-state index in [0.29, 0.717) is 5.75 Å². The molecule has 0 atom stereocenters. The molecule has 19 heavy (non-hydrogen) atoms. The first kappa shape index (κ1) is 16.1. The first-order chi connectivity index (χ1) is 8.69. The molecule has 0 aliphatic heterocycles. The Morgan fingerprint density at radius 3 is 1.58 bits per heavy atom. The fraction of sp³-hybridized carbons (Fsp3) is 0.611. The zero-order valence-electron chi connectivity index (χ0n) is 13.4. The van der Waals surface area contributed by atoms with Gasteiger partial charge in [0.2, 0.25) is 0 Å². The van der Waals surface area contributed by atoms with Crippen molar-refractivity contribution in [2.24, 2.45) is 0 Å². The molecular weight excluding hydrogens is 232 g/mol. The van der Waals surface area contributed by atoms with E-state index in [-0.39, 0.29) is 10.8 Å². The van der Waals surface area contributed by atoms with Crippen molar-refractivity contribution in [2.45, 2.75) is 71.6 Å². The molecule has 0 aliphatic carbocycles. The zero-order chi connectivity index (χ0) is 14.8. The van der Waals surface area contributed by atoms with Crippen LogP contribution in [0, 0.1) is 6.92 Å². The molecule has 1 nitrogen and oxygen atoms in total. The molecule has 1 radical (unpaired) electrons. The topological polar surface area (TPSA) is 20.2 Å². The maximum Gasteiger partial charge on any atom is 0.123 e. The van der Waals surface area contributed by atoms with Crippen LogP contribution < -0.4 is 0 Å². The quantitative estimate of drug-likeness (QED) is 0.777. The highest BCUT2D eigenvalue weighted by Crippen LogP contribution is 2.42. The summed E-state index contributed by atoms with van der Waals surface area (Å²) in [5, 5.41) is 10.7. The van der Waals surface area contributed by atoms with Gasteiger partial charge in [-0.05, 0) is 42.6 Å². The van der Waals surface area contributed by atoms with Crippen LogP contribution in [-0.4, -0.2) is 5.11 Å². The molecule has 0 aliphatic rings. The Labute approximate surface area is 119 Å². The summed E-state index contributed by atoms with van der Waals surface area (Å²) in [6.07, 6.45) is 2.78. The number of aromatic hydroxyl groups is 1. The van der Waals surface area contributed by atoms with Gasteiger partial charge in [-0.1, -0.05) is 53.7 Å². The summed E-state index contributed by atoms with van der Waals surface area (Å²) in [5.74, 6) is 0.482. The summed E-state index contributed by atoms with van der Waals surface area (Å²) in [7, 11) is 0. The van der Waals surface area contributed by atoms with Crippen LogP contribution in [0.4, 0.5) is 0 Å². The van der Waals surface area contributed by atoms with Gasteiger partial charge in [0, 0.05) is 11.1 Å². The molecule has 107 valence electrons. The van der Waals surface area contributed by atoms with Crippen LogP contribution in [0.1, 0.15) is 71.1 Å². The molecule has 0 fully saturated rings. The standard InChI is InChI=1S/C18H29O/c1-8-13-11-14(17(4,5)9-2)16(19)15(12-13)18(6,7)10-3/h11-12,19H,1,8-10H2,2-7H3. The summed E-state index contributed by atoms with van der Waals surface area (Å²) in [6, 6.07) is 4.25. The van der Waals surface area contributed by atoms with Crippen LogP contribution in [0.5, 0.6) is 5.75 Å². The lowest BCUT2D eigenvalue weighted by atomic mass is 9.74. The van der Waals surface area contributed by atoms with Gasteiger partial charge in [0.1, 0.15) is 5.75 Å². The molecule has 1 aromatic rings. The highest BCUT2D eigenvalue weighted by molar-refractivity contribution is 5.50. The molecule has 1 heteroatoms. The lowest BCUT2D eigenvalue weighted by Crippen LogP contribution is -2.21. The second-order valence-electron chi connectivity index (χ2n) is 6.76. The molecule has 0 aromatic heterocycles. The summed E-state index contributed by atoms with van der Waals surface area (Å²) in [5.41, 5.74) is 3.33. The lowest BCUT2D eigenvalue weighted by molar-refractivity contribution is 0.400. The average Bonchev–Trinajstić information content (AvgIpc) is 2.38. The second kappa shape index (κ2) is 5.56. The minimum atomic E-state index is -0.00612. The molecule has 0 saturated carbocycles. The molecule has 0 spiro atoms. The van der Waals surface area contributed by atoms with Gasteiger partial charge in [-0.3, -0.25) is 0 Å². The Morgan fingerprint density at radius 1 is 0.947 bits per heavy atom. The summed E-state index contributed by atoms with van der Waals surface area (Å²) < 4.78 is 0. The van der Waals surface area contributed by atoms with E-state index >= 15 is 0 Å². The Balaban J connectivity index is 3.55. The highest BCUT2D eigenvalue weighted by Gasteiger charge is 2.29. The van der Waals surface area contributed by atoms with E-state index in [9.17, 15) is 5.11 Å². The Hall–Kier alpha value is -0.980. The van der Waals surface area contributed by atoms with Crippen molar-refractivity contribution >= 4 is 0 Å². The van der Waals surface area contributed by atoms with Gasteiger partial charge in [-0.25, -0.2) is 0 Å². The molecule has 1 N–H and O–H groups in total. The van der Waals surface area contributed by atoms with Crippen LogP contribution in [0.2, 0.25) is 0 Å². The molecule has 0 heterocycles. The predicted molar refractivity (Wildman–Crippen MR) is 83.8 cm³/mol. The van der Waals surface area contributed by atoms with Gasteiger partial charge in [-0.15, -0.1) is 0 Å². The lowest BCUT2D eigenvalue weighted by Gasteiger charge is -2.31. The van der Waals surface area contributed by atoms with E-state index in [4.69, 9.17) is 0 Å². The number of phenols is 1. The molecule has 0 saturated heterocycles. The summed E-state index contributed by atoms with van der Waals surface area (Å²) in [4.78, 5) is 0. The van der Waals surface area contributed by atoms with Crippen molar-refractivity contribution < 1.29 is 5.11 Å². The van der Waals surface area contributed by atoms with E-state index in [2.05, 4.69) is 60.6 Å². The van der Waals surface area contributed by atoms with Gasteiger partial charge < -0.3 is 5.11 Å². The molecule has 1 rings (SSSR count). The third-order valence-corrected chi connectivity index (χ3v) is 4.68. The van der Waals surface area contributed by atoms with Crippen LogP contribution >= 0.6 is 0 Å². The maximum atomic E-state index is 10.7. The molecular formula is C18H29O. The first-order valence-electron chi connectivity index (χ1n) is 7.35. The van der Waals surface area contributed by atoms with E-state index < -0.39 is 0 Å². The fourth-order valence-corrected chi connectivity index (χ4v) is 2.25. The summed E-state index contributed by atoms with van der Waals surface area (Å²) in [6.45, 7) is 17.1. The van der Waals surface area contributed by atoms with Gasteiger partial charge in [-0.2, -0.15) is 0 Å². The van der Waals surface area contributed by atoms with Gasteiger partial charge >= 0.3 is 0 Å². The third kappa shape index (κ3) is 3.13. The molecule has 0 unspecified atom stereocenters. The van der Waals surface area contributed by atoms with Gasteiger partial charge in [0.15, 0.2) is 0 Å².